The molecule has 0 unspecified atom stereocenters. The quantitative estimate of drug-likeness (QED) is 0.806. The molecule has 0 saturated heterocycles. The zero-order valence-corrected chi connectivity index (χ0v) is 8.78. The van der Waals surface area contributed by atoms with E-state index in [1.807, 2.05) is 12.1 Å². The summed E-state index contributed by atoms with van der Waals surface area (Å²) in [5.41, 5.74) is 3.10. The number of aromatic amines is 1. The number of pyridine rings is 1. The Hall–Kier alpha value is -1.89. The van der Waals surface area contributed by atoms with E-state index in [1.165, 1.54) is 0 Å². The predicted molar refractivity (Wildman–Crippen MR) is 57.1 cm³/mol. The smallest absolute Gasteiger partial charge is 0.141 e. The Morgan fingerprint density at radius 1 is 1.47 bits per heavy atom. The van der Waals surface area contributed by atoms with Crippen molar-refractivity contribution < 1.29 is 0 Å². The van der Waals surface area contributed by atoms with Crippen molar-refractivity contribution in [2.45, 2.75) is 20.3 Å². The zero-order valence-electron chi connectivity index (χ0n) is 8.78. The second kappa shape index (κ2) is 3.70. The molecule has 2 rings (SSSR count). The van der Waals surface area contributed by atoms with Crippen LogP contribution in [0, 0.1) is 17.2 Å². The third-order valence-corrected chi connectivity index (χ3v) is 2.20. The normalized spacial score (nSPS) is 10.8. The lowest BCUT2D eigenvalue weighted by molar-refractivity contribution is 0.635. The highest BCUT2D eigenvalue weighted by Crippen LogP contribution is 2.16. The fourth-order valence-corrected chi connectivity index (χ4v) is 1.54. The number of nitrogens with one attached hydrogen (secondary N) is 1. The summed E-state index contributed by atoms with van der Waals surface area (Å²) in [5.74, 6) is 0.532. The largest absolute Gasteiger partial charge is 0.276 e. The molecule has 4 nitrogen and oxygen atoms in total. The minimum atomic E-state index is 0.439. The summed E-state index contributed by atoms with van der Waals surface area (Å²) in [7, 11) is 0. The fraction of sp³-hybridized carbons (Fsp3) is 0.364. The first-order valence-electron chi connectivity index (χ1n) is 4.95. The van der Waals surface area contributed by atoms with E-state index in [2.05, 4.69) is 29.0 Å². The molecule has 0 spiro atoms. The van der Waals surface area contributed by atoms with Gasteiger partial charge in [0.25, 0.3) is 0 Å². The Bertz CT molecular complexity index is 519. The summed E-state index contributed by atoms with van der Waals surface area (Å²) >= 11 is 0. The van der Waals surface area contributed by atoms with Gasteiger partial charge < -0.3 is 0 Å². The number of rotatable bonds is 2. The van der Waals surface area contributed by atoms with E-state index in [0.29, 0.717) is 11.6 Å². The first kappa shape index (κ1) is 9.66. The Morgan fingerprint density at radius 2 is 2.27 bits per heavy atom. The van der Waals surface area contributed by atoms with Crippen LogP contribution in [-0.2, 0) is 6.42 Å². The molecular weight excluding hydrogens is 188 g/mol. The van der Waals surface area contributed by atoms with E-state index in [0.717, 1.165) is 23.1 Å². The summed E-state index contributed by atoms with van der Waals surface area (Å²) in [4.78, 5) is 4.25. The highest BCUT2D eigenvalue weighted by molar-refractivity contribution is 5.77. The van der Waals surface area contributed by atoms with Gasteiger partial charge >= 0.3 is 0 Å². The molecule has 0 aromatic carbocycles. The highest BCUT2D eigenvalue weighted by Gasteiger charge is 2.09. The van der Waals surface area contributed by atoms with Crippen LogP contribution in [0.2, 0.25) is 0 Å². The van der Waals surface area contributed by atoms with E-state index in [4.69, 9.17) is 5.26 Å². The van der Waals surface area contributed by atoms with Gasteiger partial charge in [0.15, 0.2) is 0 Å². The highest BCUT2D eigenvalue weighted by atomic mass is 15.1. The van der Waals surface area contributed by atoms with Crippen LogP contribution < -0.4 is 0 Å². The van der Waals surface area contributed by atoms with Crippen LogP contribution in [0.3, 0.4) is 0 Å². The molecule has 76 valence electrons. The standard InChI is InChI=1S/C11H12N4/c1-7(2)5-10-11-9(14-15-10)4-3-8(6-12)13-11/h3-4,7H,5H2,1-2H3,(H,14,15). The average Bonchev–Trinajstić information content (AvgIpc) is 2.60. The van der Waals surface area contributed by atoms with Crippen LogP contribution in [0.4, 0.5) is 0 Å². The molecule has 4 heteroatoms. The Kier molecular flexibility index (Phi) is 2.38. The molecular formula is C11H12N4. The van der Waals surface area contributed by atoms with E-state index in [-0.39, 0.29) is 0 Å². The van der Waals surface area contributed by atoms with Crippen molar-refractivity contribution in [2.24, 2.45) is 5.92 Å². The summed E-state index contributed by atoms with van der Waals surface area (Å²) in [6, 6.07) is 5.58. The zero-order chi connectivity index (χ0) is 10.8. The molecule has 0 saturated carbocycles. The lowest BCUT2D eigenvalue weighted by Gasteiger charge is -2.00. The van der Waals surface area contributed by atoms with Gasteiger partial charge in [0.05, 0.1) is 11.2 Å². The van der Waals surface area contributed by atoms with E-state index < -0.39 is 0 Å². The summed E-state index contributed by atoms with van der Waals surface area (Å²) in [6.07, 6.45) is 0.877. The molecule has 2 aromatic heterocycles. The molecule has 2 aromatic rings. The Morgan fingerprint density at radius 3 is 2.93 bits per heavy atom. The number of hydrogen-bond donors (Lipinski definition) is 1. The van der Waals surface area contributed by atoms with Gasteiger partial charge in [-0.15, -0.1) is 0 Å². The molecule has 0 amide bonds. The monoisotopic (exact) mass is 200 g/mol. The molecule has 2 heterocycles. The molecule has 0 aliphatic heterocycles. The van der Waals surface area contributed by atoms with Crippen molar-refractivity contribution in [3.05, 3.63) is 23.5 Å². The van der Waals surface area contributed by atoms with Gasteiger partial charge in [-0.05, 0) is 24.5 Å². The van der Waals surface area contributed by atoms with Gasteiger partial charge in [0, 0.05) is 0 Å². The summed E-state index contributed by atoms with van der Waals surface area (Å²) in [6.45, 7) is 4.27. The van der Waals surface area contributed by atoms with Crippen molar-refractivity contribution in [3.8, 4) is 6.07 Å². The number of hydrogen-bond acceptors (Lipinski definition) is 3. The second-order valence-corrected chi connectivity index (χ2v) is 3.97. The topological polar surface area (TPSA) is 65.4 Å². The molecule has 1 N–H and O–H groups in total. The predicted octanol–water partition coefficient (Wildman–Crippen LogP) is 2.03. The number of aromatic nitrogens is 3. The van der Waals surface area contributed by atoms with Crippen molar-refractivity contribution in [2.75, 3.05) is 0 Å². The van der Waals surface area contributed by atoms with Crippen LogP contribution >= 0.6 is 0 Å². The first-order valence-corrected chi connectivity index (χ1v) is 4.95. The minimum absolute atomic E-state index is 0.439. The number of nitrogens with zero attached hydrogens (tertiary/aromatic N) is 3. The van der Waals surface area contributed by atoms with E-state index in [1.54, 1.807) is 6.07 Å². The summed E-state index contributed by atoms with van der Waals surface area (Å²) in [5, 5.41) is 15.9. The maximum Gasteiger partial charge on any atom is 0.141 e. The van der Waals surface area contributed by atoms with Crippen LogP contribution in [0.15, 0.2) is 12.1 Å². The fourth-order valence-electron chi connectivity index (χ4n) is 1.54. The lowest BCUT2D eigenvalue weighted by atomic mass is 10.1. The lowest BCUT2D eigenvalue weighted by Crippen LogP contribution is -1.96. The molecule has 0 radical (unpaired) electrons. The molecule has 0 fully saturated rings. The maximum absolute atomic E-state index is 8.76. The number of nitriles is 1. The van der Waals surface area contributed by atoms with Crippen LogP contribution in [-0.4, -0.2) is 15.2 Å². The molecule has 0 bridgehead atoms. The minimum Gasteiger partial charge on any atom is -0.276 e. The first-order chi connectivity index (χ1) is 7.20. The summed E-state index contributed by atoms with van der Waals surface area (Å²) < 4.78 is 0. The van der Waals surface area contributed by atoms with Crippen LogP contribution in [0.1, 0.15) is 25.2 Å². The van der Waals surface area contributed by atoms with Gasteiger partial charge in [0.1, 0.15) is 17.3 Å². The molecule has 15 heavy (non-hydrogen) atoms. The van der Waals surface area contributed by atoms with Crippen molar-refractivity contribution in [1.29, 1.82) is 5.26 Å². The molecule has 0 atom stereocenters. The van der Waals surface area contributed by atoms with Gasteiger partial charge in [-0.25, -0.2) is 4.98 Å². The van der Waals surface area contributed by atoms with E-state index >= 15 is 0 Å². The average molecular weight is 200 g/mol. The van der Waals surface area contributed by atoms with Gasteiger partial charge in [-0.2, -0.15) is 10.4 Å². The van der Waals surface area contributed by atoms with Gasteiger partial charge in [-0.3, -0.25) is 5.10 Å². The maximum atomic E-state index is 8.76. The second-order valence-electron chi connectivity index (χ2n) is 3.97. The van der Waals surface area contributed by atoms with Crippen molar-refractivity contribution in [1.82, 2.24) is 15.2 Å². The number of H-pyrrole nitrogens is 1. The number of fused-ring (bicyclic) bond motifs is 1. The van der Waals surface area contributed by atoms with Crippen LogP contribution in [0.5, 0.6) is 0 Å². The SMILES string of the molecule is CC(C)Cc1n[nH]c2ccc(C#N)nc12. The molecule has 0 aliphatic rings. The third kappa shape index (κ3) is 1.82. The van der Waals surface area contributed by atoms with Gasteiger partial charge in [0.2, 0.25) is 0 Å². The van der Waals surface area contributed by atoms with Crippen molar-refractivity contribution >= 4 is 11.0 Å². The Labute approximate surface area is 87.9 Å². The van der Waals surface area contributed by atoms with Gasteiger partial charge in [-0.1, -0.05) is 13.8 Å². The van der Waals surface area contributed by atoms with Crippen LogP contribution in [0.25, 0.3) is 11.0 Å². The Balaban J connectivity index is 2.52. The van der Waals surface area contributed by atoms with Crippen molar-refractivity contribution in [3.63, 3.8) is 0 Å². The third-order valence-electron chi connectivity index (χ3n) is 2.20. The molecule has 0 aliphatic carbocycles. The van der Waals surface area contributed by atoms with E-state index in [9.17, 15) is 0 Å².